The molecule has 0 N–H and O–H groups in total. The van der Waals surface area contributed by atoms with Gasteiger partial charge in [0.25, 0.3) is 0 Å². The normalized spacial score (nSPS) is 16.8. The molecule has 178 valence electrons. The zero-order valence-corrected chi connectivity index (χ0v) is 21.3. The Morgan fingerprint density at radius 3 is 1.92 bits per heavy atom. The van der Waals surface area contributed by atoms with Crippen LogP contribution in [0.1, 0.15) is 33.4 Å². The van der Waals surface area contributed by atoms with Crippen LogP contribution in [0.5, 0.6) is 0 Å². The molecule has 0 saturated carbocycles. The molecule has 1 unspecified atom stereocenters. The van der Waals surface area contributed by atoms with E-state index >= 15 is 0 Å². The third-order valence-corrected chi connectivity index (χ3v) is 8.13. The van der Waals surface area contributed by atoms with Gasteiger partial charge in [-0.2, -0.15) is 0 Å². The number of hydrogen-bond acceptors (Lipinski definition) is 1. The molecular weight excluding hydrogens is 446 g/mol. The number of benzene rings is 5. The predicted octanol–water partition coefficient (Wildman–Crippen LogP) is 9.20. The van der Waals surface area contributed by atoms with E-state index in [1.54, 1.807) is 0 Å². The number of anilines is 3. The number of nitrogens with zero attached hydrogens (tertiary/aromatic N) is 1. The maximum absolute atomic E-state index is 2.46. The summed E-state index contributed by atoms with van der Waals surface area (Å²) in [7, 11) is 0. The number of aryl methyl sites for hydroxylation is 2. The molecule has 2 aliphatic rings. The van der Waals surface area contributed by atoms with Crippen LogP contribution in [0.3, 0.4) is 0 Å². The fourth-order valence-corrected chi connectivity index (χ4v) is 6.44. The molecule has 5 aromatic carbocycles. The molecule has 0 spiro atoms. The van der Waals surface area contributed by atoms with E-state index in [0.717, 1.165) is 23.5 Å². The first-order valence-corrected chi connectivity index (χ1v) is 13.1. The van der Waals surface area contributed by atoms with E-state index in [1.165, 1.54) is 44.5 Å². The molecule has 37 heavy (non-hydrogen) atoms. The monoisotopic (exact) mass is 475 g/mol. The summed E-state index contributed by atoms with van der Waals surface area (Å²) in [5.74, 6) is 0. The average molecular weight is 476 g/mol. The Labute approximate surface area is 219 Å². The first-order chi connectivity index (χ1) is 18.2. The highest BCUT2D eigenvalue weighted by Gasteiger charge is 2.45. The largest absolute Gasteiger partial charge is 0.311 e. The van der Waals surface area contributed by atoms with Gasteiger partial charge >= 0.3 is 0 Å². The molecule has 0 amide bonds. The second-order valence-corrected chi connectivity index (χ2v) is 10.3. The smallest absolute Gasteiger partial charge is 0.0647 e. The Morgan fingerprint density at radius 1 is 0.622 bits per heavy atom. The van der Waals surface area contributed by atoms with Crippen LogP contribution in [0.15, 0.2) is 127 Å². The van der Waals surface area contributed by atoms with Crippen molar-refractivity contribution in [3.63, 3.8) is 0 Å². The van der Waals surface area contributed by atoms with Crippen LogP contribution >= 0.6 is 0 Å². The van der Waals surface area contributed by atoms with Crippen LogP contribution in [0.2, 0.25) is 0 Å². The SMILES string of the molecule is Cc1ccc2c(c1)C1(c3ccc(N(c4ccccc4)c4ccccc4)cc3)C=CCc3c(C)ccc-2c31. The summed E-state index contributed by atoms with van der Waals surface area (Å²) in [5, 5.41) is 0. The van der Waals surface area contributed by atoms with Gasteiger partial charge in [0.15, 0.2) is 0 Å². The Balaban J connectivity index is 1.42. The highest BCUT2D eigenvalue weighted by Crippen LogP contribution is 2.57. The second-order valence-electron chi connectivity index (χ2n) is 10.3. The van der Waals surface area contributed by atoms with E-state index in [1.807, 2.05) is 0 Å². The van der Waals surface area contributed by atoms with E-state index in [2.05, 4.69) is 146 Å². The second kappa shape index (κ2) is 8.35. The van der Waals surface area contributed by atoms with E-state index in [-0.39, 0.29) is 5.41 Å². The van der Waals surface area contributed by atoms with Crippen molar-refractivity contribution in [3.8, 4) is 11.1 Å². The summed E-state index contributed by atoms with van der Waals surface area (Å²) in [6.07, 6.45) is 5.84. The molecule has 7 rings (SSSR count). The average Bonchev–Trinajstić information content (AvgIpc) is 3.23. The Bertz CT molecular complexity index is 1610. The molecule has 0 heterocycles. The topological polar surface area (TPSA) is 3.24 Å². The van der Waals surface area contributed by atoms with Crippen LogP contribution in [0, 0.1) is 13.8 Å². The van der Waals surface area contributed by atoms with Crippen LogP contribution in [0.4, 0.5) is 17.1 Å². The number of hydrogen-bond donors (Lipinski definition) is 0. The molecule has 1 nitrogen and oxygen atoms in total. The zero-order valence-electron chi connectivity index (χ0n) is 21.3. The van der Waals surface area contributed by atoms with Crippen molar-refractivity contribution >= 4 is 17.1 Å². The van der Waals surface area contributed by atoms with Crippen LogP contribution in [-0.4, -0.2) is 0 Å². The minimum absolute atomic E-state index is 0.251. The van der Waals surface area contributed by atoms with Crippen molar-refractivity contribution in [1.29, 1.82) is 0 Å². The molecular formula is C36H29N. The molecule has 0 aliphatic heterocycles. The lowest BCUT2D eigenvalue weighted by atomic mass is 9.67. The summed E-state index contributed by atoms with van der Waals surface area (Å²) in [4.78, 5) is 2.33. The summed E-state index contributed by atoms with van der Waals surface area (Å²) in [6, 6.07) is 42.1. The fraction of sp³-hybridized carbons (Fsp3) is 0.111. The third kappa shape index (κ3) is 3.24. The number of rotatable bonds is 4. The van der Waals surface area contributed by atoms with Gasteiger partial charge in [-0.25, -0.2) is 0 Å². The third-order valence-electron chi connectivity index (χ3n) is 8.13. The lowest BCUT2D eigenvalue weighted by Gasteiger charge is -2.35. The van der Waals surface area contributed by atoms with Gasteiger partial charge in [-0.15, -0.1) is 0 Å². The van der Waals surface area contributed by atoms with Gasteiger partial charge in [-0.1, -0.05) is 96.6 Å². The van der Waals surface area contributed by atoms with Crippen molar-refractivity contribution in [1.82, 2.24) is 0 Å². The van der Waals surface area contributed by atoms with Gasteiger partial charge in [0.2, 0.25) is 0 Å². The predicted molar refractivity (Wildman–Crippen MR) is 155 cm³/mol. The van der Waals surface area contributed by atoms with Crippen molar-refractivity contribution in [2.75, 3.05) is 4.90 Å². The lowest BCUT2D eigenvalue weighted by Crippen LogP contribution is -2.28. The lowest BCUT2D eigenvalue weighted by molar-refractivity contribution is 0.768. The zero-order chi connectivity index (χ0) is 25.0. The van der Waals surface area contributed by atoms with E-state index in [9.17, 15) is 0 Å². The van der Waals surface area contributed by atoms with Gasteiger partial charge in [-0.3, -0.25) is 0 Å². The standard InChI is InChI=1S/C36H29N/c1-25-15-21-32-33-22-16-26(2)31-14-9-23-36(35(31)33,34(32)24-25)27-17-19-30(20-18-27)37(28-10-5-3-6-11-28)29-12-7-4-8-13-29/h3-13,15-24H,14H2,1-2H3. The molecule has 0 aromatic heterocycles. The van der Waals surface area contributed by atoms with E-state index in [4.69, 9.17) is 0 Å². The first-order valence-electron chi connectivity index (χ1n) is 13.1. The molecule has 1 atom stereocenters. The van der Waals surface area contributed by atoms with Gasteiger partial charge in [0.05, 0.1) is 5.41 Å². The van der Waals surface area contributed by atoms with Crippen molar-refractivity contribution in [2.24, 2.45) is 0 Å². The van der Waals surface area contributed by atoms with E-state index < -0.39 is 0 Å². The fourth-order valence-electron chi connectivity index (χ4n) is 6.44. The van der Waals surface area contributed by atoms with Gasteiger partial charge in [0.1, 0.15) is 0 Å². The van der Waals surface area contributed by atoms with Gasteiger partial charge in [0, 0.05) is 17.1 Å². The molecule has 1 heteroatoms. The van der Waals surface area contributed by atoms with Gasteiger partial charge < -0.3 is 4.90 Å². The Morgan fingerprint density at radius 2 is 1.24 bits per heavy atom. The molecule has 0 radical (unpaired) electrons. The summed E-state index contributed by atoms with van der Waals surface area (Å²) in [5.41, 5.74) is 14.3. The van der Waals surface area contributed by atoms with Crippen molar-refractivity contribution in [2.45, 2.75) is 25.7 Å². The Hall–Kier alpha value is -4.36. The minimum atomic E-state index is -0.251. The summed E-state index contributed by atoms with van der Waals surface area (Å²) < 4.78 is 0. The van der Waals surface area contributed by atoms with Crippen molar-refractivity contribution in [3.05, 3.63) is 161 Å². The number of allylic oxidation sites excluding steroid dienone is 2. The van der Waals surface area contributed by atoms with Crippen LogP contribution in [-0.2, 0) is 11.8 Å². The minimum Gasteiger partial charge on any atom is -0.311 e. The van der Waals surface area contributed by atoms with E-state index in [0.29, 0.717) is 0 Å². The molecule has 5 aromatic rings. The summed E-state index contributed by atoms with van der Waals surface area (Å²) >= 11 is 0. The first kappa shape index (κ1) is 21.9. The quantitative estimate of drug-likeness (QED) is 0.234. The van der Waals surface area contributed by atoms with Crippen LogP contribution in [0.25, 0.3) is 11.1 Å². The highest BCUT2D eigenvalue weighted by molar-refractivity contribution is 5.88. The summed E-state index contributed by atoms with van der Waals surface area (Å²) in [6.45, 7) is 4.46. The molecule has 0 bridgehead atoms. The van der Waals surface area contributed by atoms with Crippen molar-refractivity contribution < 1.29 is 0 Å². The van der Waals surface area contributed by atoms with Gasteiger partial charge in [-0.05, 0) is 95.6 Å². The molecule has 0 fully saturated rings. The molecule has 0 saturated heterocycles. The number of fused-ring (bicyclic) bond motifs is 3. The molecule has 2 aliphatic carbocycles. The number of para-hydroxylation sites is 2. The highest BCUT2D eigenvalue weighted by atomic mass is 15.1. The Kier molecular flexibility index (Phi) is 4.94. The maximum atomic E-state index is 2.46. The maximum Gasteiger partial charge on any atom is 0.0647 e. The van der Waals surface area contributed by atoms with Crippen LogP contribution < -0.4 is 4.90 Å².